The summed E-state index contributed by atoms with van der Waals surface area (Å²) in [5, 5.41) is 0. The Hall–Kier alpha value is -0.820. The lowest BCUT2D eigenvalue weighted by Crippen LogP contribution is -1.78. The molecule has 0 radical (unpaired) electrons. The number of rotatable bonds is 0. The Balaban J connectivity index is 0. The number of benzene rings is 1. The van der Waals surface area contributed by atoms with Crippen LogP contribution in [0.3, 0.4) is 0 Å². The SMILES string of the molecule is CC.CN.Cc1cc(C)cc(C)c1. The van der Waals surface area contributed by atoms with E-state index in [9.17, 15) is 0 Å². The van der Waals surface area contributed by atoms with E-state index in [1.54, 1.807) is 0 Å². The third-order valence-corrected chi connectivity index (χ3v) is 1.37. The van der Waals surface area contributed by atoms with Gasteiger partial charge in [0.15, 0.2) is 0 Å². The number of aryl methyl sites for hydroxylation is 3. The second-order valence-corrected chi connectivity index (χ2v) is 2.67. The van der Waals surface area contributed by atoms with Gasteiger partial charge in [-0.3, -0.25) is 0 Å². The van der Waals surface area contributed by atoms with Crippen LogP contribution in [0.25, 0.3) is 0 Å². The molecular formula is C12H23N. The molecule has 0 atom stereocenters. The Labute approximate surface area is 83.0 Å². The molecule has 0 amide bonds. The first-order chi connectivity index (χ1) is 6.18. The molecule has 1 heteroatoms. The lowest BCUT2D eigenvalue weighted by atomic mass is 10.1. The van der Waals surface area contributed by atoms with Crippen LogP contribution < -0.4 is 5.73 Å². The van der Waals surface area contributed by atoms with Gasteiger partial charge in [-0.25, -0.2) is 0 Å². The molecule has 1 nitrogen and oxygen atoms in total. The standard InChI is InChI=1S/C9H12.C2H6.CH5N/c1-7-4-8(2)6-9(3)5-7;2*1-2/h4-6H,1-3H3;1-2H3;2H2,1H3. The van der Waals surface area contributed by atoms with Gasteiger partial charge in [0.25, 0.3) is 0 Å². The Bertz CT molecular complexity index is 166. The summed E-state index contributed by atoms with van der Waals surface area (Å²) < 4.78 is 0. The van der Waals surface area contributed by atoms with Crippen molar-refractivity contribution in [1.29, 1.82) is 0 Å². The van der Waals surface area contributed by atoms with Gasteiger partial charge in [0.2, 0.25) is 0 Å². The maximum Gasteiger partial charge on any atom is -0.0195 e. The molecule has 0 fully saturated rings. The summed E-state index contributed by atoms with van der Waals surface area (Å²) >= 11 is 0. The van der Waals surface area contributed by atoms with Crippen LogP contribution in [0.1, 0.15) is 30.5 Å². The summed E-state index contributed by atoms with van der Waals surface area (Å²) in [4.78, 5) is 0. The van der Waals surface area contributed by atoms with Crippen molar-refractivity contribution in [3.8, 4) is 0 Å². The van der Waals surface area contributed by atoms with Gasteiger partial charge in [-0.2, -0.15) is 0 Å². The van der Waals surface area contributed by atoms with Gasteiger partial charge in [-0.05, 0) is 27.8 Å². The van der Waals surface area contributed by atoms with Crippen molar-refractivity contribution in [2.24, 2.45) is 5.73 Å². The molecule has 0 saturated carbocycles. The highest BCUT2D eigenvalue weighted by Gasteiger charge is 1.87. The summed E-state index contributed by atoms with van der Waals surface area (Å²) in [5.41, 5.74) is 8.56. The van der Waals surface area contributed by atoms with Crippen LogP contribution in [0.15, 0.2) is 18.2 Å². The summed E-state index contributed by atoms with van der Waals surface area (Å²) in [6.45, 7) is 10.4. The Morgan fingerprint density at radius 1 is 0.692 bits per heavy atom. The molecule has 2 N–H and O–H groups in total. The number of hydrogen-bond donors (Lipinski definition) is 1. The first kappa shape index (κ1) is 14.7. The van der Waals surface area contributed by atoms with E-state index in [0.717, 1.165) is 0 Å². The van der Waals surface area contributed by atoms with Crippen LogP contribution in [-0.2, 0) is 0 Å². The van der Waals surface area contributed by atoms with E-state index in [0.29, 0.717) is 0 Å². The van der Waals surface area contributed by atoms with Crippen molar-refractivity contribution >= 4 is 0 Å². The van der Waals surface area contributed by atoms with Crippen molar-refractivity contribution in [3.05, 3.63) is 34.9 Å². The summed E-state index contributed by atoms with van der Waals surface area (Å²) in [6, 6.07) is 6.56. The summed E-state index contributed by atoms with van der Waals surface area (Å²) in [5.74, 6) is 0. The molecule has 0 spiro atoms. The normalized spacial score (nSPS) is 7.62. The molecule has 0 saturated heterocycles. The Morgan fingerprint density at radius 2 is 0.846 bits per heavy atom. The van der Waals surface area contributed by atoms with E-state index in [2.05, 4.69) is 44.7 Å². The fraction of sp³-hybridized carbons (Fsp3) is 0.500. The molecule has 0 heterocycles. The minimum Gasteiger partial charge on any atom is -0.333 e. The largest absolute Gasteiger partial charge is 0.333 e. The third-order valence-electron chi connectivity index (χ3n) is 1.37. The van der Waals surface area contributed by atoms with E-state index in [1.165, 1.54) is 23.7 Å². The lowest BCUT2D eigenvalue weighted by molar-refractivity contribution is 1.32. The van der Waals surface area contributed by atoms with Crippen LogP contribution in [0.2, 0.25) is 0 Å². The first-order valence-electron chi connectivity index (χ1n) is 4.81. The molecule has 0 unspecified atom stereocenters. The van der Waals surface area contributed by atoms with Gasteiger partial charge >= 0.3 is 0 Å². The average molecular weight is 181 g/mol. The first-order valence-corrected chi connectivity index (χ1v) is 4.81. The number of nitrogens with two attached hydrogens (primary N) is 1. The predicted octanol–water partition coefficient (Wildman–Crippen LogP) is 3.21. The Morgan fingerprint density at radius 3 is 1.00 bits per heavy atom. The van der Waals surface area contributed by atoms with Gasteiger partial charge in [-0.1, -0.05) is 48.7 Å². The maximum atomic E-state index is 4.50. The summed E-state index contributed by atoms with van der Waals surface area (Å²) in [7, 11) is 1.50. The predicted molar refractivity (Wildman–Crippen MR) is 62.1 cm³/mol. The topological polar surface area (TPSA) is 26.0 Å². The number of hydrogen-bond acceptors (Lipinski definition) is 1. The van der Waals surface area contributed by atoms with Crippen molar-refractivity contribution in [2.45, 2.75) is 34.6 Å². The van der Waals surface area contributed by atoms with Crippen LogP contribution >= 0.6 is 0 Å². The van der Waals surface area contributed by atoms with Gasteiger partial charge in [-0.15, -0.1) is 0 Å². The quantitative estimate of drug-likeness (QED) is 0.653. The molecule has 0 aliphatic carbocycles. The highest BCUT2D eigenvalue weighted by molar-refractivity contribution is 5.27. The molecule has 0 bridgehead atoms. The molecule has 1 rings (SSSR count). The second-order valence-electron chi connectivity index (χ2n) is 2.67. The van der Waals surface area contributed by atoms with Crippen molar-refractivity contribution < 1.29 is 0 Å². The fourth-order valence-electron chi connectivity index (χ4n) is 1.20. The molecule has 0 aliphatic heterocycles. The van der Waals surface area contributed by atoms with Crippen LogP contribution in [-0.4, -0.2) is 7.05 Å². The molecule has 1 aromatic carbocycles. The average Bonchev–Trinajstić information content (AvgIpc) is 2.09. The molecule has 13 heavy (non-hydrogen) atoms. The van der Waals surface area contributed by atoms with Gasteiger partial charge in [0, 0.05) is 0 Å². The minimum absolute atomic E-state index is 1.35. The molecule has 1 aromatic rings. The molecular weight excluding hydrogens is 158 g/mol. The van der Waals surface area contributed by atoms with Crippen LogP contribution in [0.4, 0.5) is 0 Å². The highest BCUT2D eigenvalue weighted by Crippen LogP contribution is 2.06. The fourth-order valence-corrected chi connectivity index (χ4v) is 1.20. The molecule has 0 aromatic heterocycles. The van der Waals surface area contributed by atoms with Crippen LogP contribution in [0, 0.1) is 20.8 Å². The van der Waals surface area contributed by atoms with Gasteiger partial charge in [0.1, 0.15) is 0 Å². The van der Waals surface area contributed by atoms with Crippen molar-refractivity contribution in [2.75, 3.05) is 7.05 Å². The second kappa shape index (κ2) is 9.27. The van der Waals surface area contributed by atoms with Crippen LogP contribution in [0.5, 0.6) is 0 Å². The van der Waals surface area contributed by atoms with E-state index < -0.39 is 0 Å². The minimum atomic E-state index is 1.35. The smallest absolute Gasteiger partial charge is 0.0195 e. The lowest BCUT2D eigenvalue weighted by Gasteiger charge is -1.96. The van der Waals surface area contributed by atoms with Gasteiger partial charge in [0.05, 0.1) is 0 Å². The van der Waals surface area contributed by atoms with Crippen molar-refractivity contribution in [3.63, 3.8) is 0 Å². The Kier molecular flexibility index (Phi) is 10.5. The van der Waals surface area contributed by atoms with Gasteiger partial charge < -0.3 is 5.73 Å². The summed E-state index contributed by atoms with van der Waals surface area (Å²) in [6.07, 6.45) is 0. The van der Waals surface area contributed by atoms with E-state index in [-0.39, 0.29) is 0 Å². The van der Waals surface area contributed by atoms with E-state index >= 15 is 0 Å². The maximum absolute atomic E-state index is 4.50. The zero-order valence-corrected chi connectivity index (χ0v) is 9.81. The monoisotopic (exact) mass is 181 g/mol. The third kappa shape index (κ3) is 7.54. The zero-order chi connectivity index (χ0) is 10.9. The molecule has 0 aliphatic rings. The van der Waals surface area contributed by atoms with E-state index in [1.807, 2.05) is 13.8 Å². The highest BCUT2D eigenvalue weighted by atomic mass is 14.4. The van der Waals surface area contributed by atoms with E-state index in [4.69, 9.17) is 0 Å². The zero-order valence-electron chi connectivity index (χ0n) is 9.81. The van der Waals surface area contributed by atoms with Crippen molar-refractivity contribution in [1.82, 2.24) is 0 Å². The molecule has 76 valence electrons.